The van der Waals surface area contributed by atoms with Gasteiger partial charge in [0.15, 0.2) is 5.75 Å². The third-order valence-corrected chi connectivity index (χ3v) is 4.82. The number of hydrogen-bond donors (Lipinski definition) is 1. The number of pyridine rings is 1. The quantitative estimate of drug-likeness (QED) is 0.559. The van der Waals surface area contributed by atoms with Gasteiger partial charge in [0.1, 0.15) is 12.3 Å². The van der Waals surface area contributed by atoms with E-state index in [2.05, 4.69) is 31.1 Å². The molecule has 1 saturated heterocycles. The summed E-state index contributed by atoms with van der Waals surface area (Å²) in [5, 5.41) is 6.36. The van der Waals surface area contributed by atoms with Crippen molar-refractivity contribution in [3.8, 4) is 11.5 Å². The lowest BCUT2D eigenvalue weighted by atomic mass is 10.2. The van der Waals surface area contributed by atoms with Crippen molar-refractivity contribution >= 4 is 39.2 Å². The lowest BCUT2D eigenvalue weighted by molar-refractivity contribution is -0.137. The minimum atomic E-state index is -4.62. The van der Waals surface area contributed by atoms with Crippen LogP contribution in [0.2, 0.25) is 0 Å². The van der Waals surface area contributed by atoms with E-state index < -0.39 is 30.2 Å². The molecule has 1 aromatic carbocycles. The van der Waals surface area contributed by atoms with Gasteiger partial charge in [-0.1, -0.05) is 0 Å². The fourth-order valence-electron chi connectivity index (χ4n) is 2.82. The van der Waals surface area contributed by atoms with E-state index in [-0.39, 0.29) is 11.4 Å². The van der Waals surface area contributed by atoms with Gasteiger partial charge in [-0.15, -0.1) is 0 Å². The number of carbonyl (C=O) groups excluding carboxylic acids is 2. The highest BCUT2D eigenvalue weighted by Gasteiger charge is 2.39. The van der Waals surface area contributed by atoms with Gasteiger partial charge in [0, 0.05) is 6.20 Å². The van der Waals surface area contributed by atoms with Crippen molar-refractivity contribution in [3.63, 3.8) is 0 Å². The summed E-state index contributed by atoms with van der Waals surface area (Å²) in [4.78, 5) is 30.6. The molecule has 1 N–H and O–H groups in total. The average Bonchev–Trinajstić information content (AvgIpc) is 3.30. The molecule has 1 fully saturated rings. The summed E-state index contributed by atoms with van der Waals surface area (Å²) < 4.78 is 44.9. The van der Waals surface area contributed by atoms with Crippen molar-refractivity contribution in [3.05, 3.63) is 59.1 Å². The average molecular weight is 482 g/mol. The normalized spacial score (nSPS) is 14.5. The molecule has 12 heteroatoms. The van der Waals surface area contributed by atoms with Gasteiger partial charge in [-0.25, -0.2) is 9.69 Å². The van der Waals surface area contributed by atoms with Crippen LogP contribution in [0, 0.1) is 0 Å². The highest BCUT2D eigenvalue weighted by molar-refractivity contribution is 9.10. The Morgan fingerprint density at radius 3 is 2.57 bits per heavy atom. The number of aromatic nitrogens is 3. The molecule has 8 nitrogen and oxygen atoms in total. The van der Waals surface area contributed by atoms with Crippen LogP contribution in [-0.4, -0.2) is 33.7 Å². The van der Waals surface area contributed by atoms with Crippen molar-refractivity contribution in [1.82, 2.24) is 15.2 Å². The van der Waals surface area contributed by atoms with E-state index in [1.54, 1.807) is 6.07 Å². The maximum absolute atomic E-state index is 12.9. The Balaban J connectivity index is 1.60. The first-order valence-corrected chi connectivity index (χ1v) is 9.16. The van der Waals surface area contributed by atoms with Gasteiger partial charge in [-0.3, -0.25) is 19.8 Å². The fraction of sp³-hybridized carbons (Fsp3) is 0.111. The van der Waals surface area contributed by atoms with E-state index >= 15 is 0 Å². The lowest BCUT2D eigenvalue weighted by Crippen LogP contribution is -2.33. The van der Waals surface area contributed by atoms with Crippen molar-refractivity contribution in [1.29, 1.82) is 0 Å². The molecule has 3 amide bonds. The van der Waals surface area contributed by atoms with Crippen LogP contribution >= 0.6 is 15.9 Å². The molecular weight excluding hydrogens is 471 g/mol. The first kappa shape index (κ1) is 19.9. The maximum atomic E-state index is 12.9. The van der Waals surface area contributed by atoms with Gasteiger partial charge in [0.25, 0.3) is 5.91 Å². The fourth-order valence-corrected chi connectivity index (χ4v) is 3.27. The Morgan fingerprint density at radius 1 is 1.10 bits per heavy atom. The summed E-state index contributed by atoms with van der Waals surface area (Å²) in [5.74, 6) is 0.283. The first-order chi connectivity index (χ1) is 14.2. The summed E-state index contributed by atoms with van der Waals surface area (Å²) in [6, 6.07) is 4.53. The van der Waals surface area contributed by atoms with Gasteiger partial charge in [0.05, 0.1) is 40.0 Å². The van der Waals surface area contributed by atoms with Gasteiger partial charge in [-0.2, -0.15) is 18.3 Å². The van der Waals surface area contributed by atoms with E-state index in [0.717, 1.165) is 22.1 Å². The number of hydrogen-bond acceptors (Lipinski definition) is 5. The topological polar surface area (TPSA) is 91.4 Å². The molecule has 3 aromatic rings. The number of urea groups is 1. The Hall–Kier alpha value is -3.41. The van der Waals surface area contributed by atoms with Gasteiger partial charge in [0.2, 0.25) is 0 Å². The Morgan fingerprint density at radius 2 is 1.90 bits per heavy atom. The third-order valence-electron chi connectivity index (χ3n) is 4.20. The van der Waals surface area contributed by atoms with E-state index in [9.17, 15) is 22.8 Å². The summed E-state index contributed by atoms with van der Waals surface area (Å²) in [6.07, 6.45) is 0.135. The van der Waals surface area contributed by atoms with Crippen LogP contribution in [0.5, 0.6) is 11.5 Å². The Kier molecular flexibility index (Phi) is 4.94. The minimum absolute atomic E-state index is 0.121. The molecule has 0 spiro atoms. The highest BCUT2D eigenvalue weighted by Crippen LogP contribution is 2.36. The van der Waals surface area contributed by atoms with Crippen LogP contribution in [0.25, 0.3) is 0 Å². The molecule has 1 aliphatic heterocycles. The third kappa shape index (κ3) is 3.73. The zero-order chi connectivity index (χ0) is 21.5. The number of carbonyl (C=O) groups is 2. The van der Waals surface area contributed by atoms with Crippen molar-refractivity contribution < 1.29 is 27.5 Å². The van der Waals surface area contributed by atoms with Crippen LogP contribution < -0.4 is 14.5 Å². The van der Waals surface area contributed by atoms with E-state index in [0.29, 0.717) is 22.2 Å². The van der Waals surface area contributed by atoms with Crippen LogP contribution in [0.15, 0.2) is 53.5 Å². The van der Waals surface area contributed by atoms with Gasteiger partial charge < -0.3 is 4.74 Å². The molecule has 4 rings (SSSR count). The molecule has 0 radical (unpaired) electrons. The van der Waals surface area contributed by atoms with Crippen molar-refractivity contribution in [2.24, 2.45) is 0 Å². The predicted molar refractivity (Wildman–Crippen MR) is 102 cm³/mol. The SMILES string of the molecule is O=C1CN(c2cncc(C(F)(F)F)c2)C(=O)N1c1ccc(Oc2cn[nH]c2)c(Br)c1. The number of nitrogens with one attached hydrogen (secondary N) is 1. The van der Waals surface area contributed by atoms with Crippen LogP contribution in [-0.2, 0) is 11.0 Å². The van der Waals surface area contributed by atoms with E-state index in [4.69, 9.17) is 4.74 Å². The zero-order valence-electron chi connectivity index (χ0n) is 14.9. The van der Waals surface area contributed by atoms with Crippen molar-refractivity contribution in [2.45, 2.75) is 6.18 Å². The van der Waals surface area contributed by atoms with Crippen LogP contribution in [0.3, 0.4) is 0 Å². The smallest absolute Gasteiger partial charge is 0.417 e. The first-order valence-electron chi connectivity index (χ1n) is 8.37. The molecule has 30 heavy (non-hydrogen) atoms. The molecule has 2 aromatic heterocycles. The predicted octanol–water partition coefficient (Wildman–Crippen LogP) is 4.35. The highest BCUT2D eigenvalue weighted by atomic mass is 79.9. The molecular formula is C18H11BrF3N5O3. The van der Waals surface area contributed by atoms with E-state index in [1.165, 1.54) is 24.5 Å². The standard InChI is InChI=1S/C18H11BrF3N5O3/c19-14-4-11(1-2-15(14)30-13-7-24-25-8-13)27-16(28)9-26(17(27)29)12-3-10(5-23-6-12)18(20,21)22/h1-8H,9H2,(H,24,25). The van der Waals surface area contributed by atoms with Crippen LogP contribution in [0.1, 0.15) is 5.56 Å². The molecule has 0 atom stereocenters. The number of ether oxygens (including phenoxy) is 1. The maximum Gasteiger partial charge on any atom is 0.417 e. The lowest BCUT2D eigenvalue weighted by Gasteiger charge is -2.18. The number of nitrogens with zero attached hydrogens (tertiary/aromatic N) is 4. The monoisotopic (exact) mass is 481 g/mol. The summed E-state index contributed by atoms with van der Waals surface area (Å²) in [7, 11) is 0. The second-order valence-corrected chi connectivity index (χ2v) is 7.03. The van der Waals surface area contributed by atoms with Crippen molar-refractivity contribution in [2.75, 3.05) is 16.3 Å². The summed E-state index contributed by atoms with van der Waals surface area (Å²) in [5.41, 5.74) is -0.898. The molecule has 0 aliphatic carbocycles. The number of halogens is 4. The van der Waals surface area contributed by atoms with Gasteiger partial charge in [-0.05, 0) is 40.2 Å². The number of anilines is 2. The van der Waals surface area contributed by atoms with Crippen LogP contribution in [0.4, 0.5) is 29.3 Å². The Labute approximate surface area is 175 Å². The molecule has 154 valence electrons. The number of rotatable bonds is 4. The molecule has 0 bridgehead atoms. The number of H-pyrrole nitrogens is 1. The zero-order valence-corrected chi connectivity index (χ0v) is 16.4. The minimum Gasteiger partial charge on any atom is -0.453 e. The Bertz CT molecular complexity index is 1120. The number of aromatic amines is 1. The largest absolute Gasteiger partial charge is 0.453 e. The number of alkyl halides is 3. The second-order valence-electron chi connectivity index (χ2n) is 6.18. The number of imide groups is 1. The molecule has 0 unspecified atom stereocenters. The van der Waals surface area contributed by atoms with Gasteiger partial charge >= 0.3 is 12.2 Å². The number of amides is 3. The second kappa shape index (κ2) is 7.44. The molecule has 3 heterocycles. The molecule has 0 saturated carbocycles. The summed E-state index contributed by atoms with van der Waals surface area (Å²) >= 11 is 3.32. The molecule has 1 aliphatic rings. The summed E-state index contributed by atoms with van der Waals surface area (Å²) in [6.45, 7) is -0.410. The van der Waals surface area contributed by atoms with E-state index in [1.807, 2.05) is 0 Å². The number of benzene rings is 1.